The van der Waals surface area contributed by atoms with Gasteiger partial charge in [0, 0.05) is 49.3 Å². The molecule has 4 atom stereocenters. The summed E-state index contributed by atoms with van der Waals surface area (Å²) in [6.07, 6.45) is 8.22. The van der Waals surface area contributed by atoms with E-state index in [9.17, 15) is 9.59 Å². The first kappa shape index (κ1) is 45.1. The normalized spacial score (nSPS) is 20.2. The van der Waals surface area contributed by atoms with Gasteiger partial charge in [-0.15, -0.1) is 0 Å². The molecule has 4 unspecified atom stereocenters. The van der Waals surface area contributed by atoms with Gasteiger partial charge in [0.2, 0.25) is 0 Å². The number of nitrogens with zero attached hydrogens (tertiary/aromatic N) is 5. The van der Waals surface area contributed by atoms with Crippen molar-refractivity contribution in [2.24, 2.45) is 14.1 Å². The molecular weight excluding hydrogens is 833 g/mol. The van der Waals surface area contributed by atoms with Crippen molar-refractivity contribution >= 4 is 33.9 Å². The Bertz CT molecular complexity index is 2620. The summed E-state index contributed by atoms with van der Waals surface area (Å²) < 4.78 is 26.9. The van der Waals surface area contributed by atoms with Gasteiger partial charge in [-0.25, -0.2) is 14.5 Å². The maximum absolute atomic E-state index is 13.0. The second kappa shape index (κ2) is 19.8. The average molecular weight is 898 g/mol. The Balaban J connectivity index is 0.000000166. The Labute approximate surface area is 387 Å². The molecule has 14 nitrogen and oxygen atoms in total. The smallest absolute Gasteiger partial charge is 0.258 e. The number of aromatic amines is 1. The van der Waals surface area contributed by atoms with Crippen molar-refractivity contribution in [3.8, 4) is 23.0 Å². The second-order valence-corrected chi connectivity index (χ2v) is 19.0. The predicted molar refractivity (Wildman–Crippen MR) is 255 cm³/mol. The number of nitrogens with one attached hydrogen (secondary N) is 3. The third-order valence-electron chi connectivity index (χ3n) is 13.4. The van der Waals surface area contributed by atoms with Crippen LogP contribution in [-0.4, -0.2) is 103 Å². The van der Waals surface area contributed by atoms with E-state index in [2.05, 4.69) is 113 Å². The minimum atomic E-state index is -0.0593. The molecule has 4 aliphatic rings. The summed E-state index contributed by atoms with van der Waals surface area (Å²) in [4.78, 5) is 38.9. The van der Waals surface area contributed by atoms with Gasteiger partial charge in [0.15, 0.2) is 34.0 Å². The Hall–Kier alpha value is -6.12. The molecule has 0 spiro atoms. The second-order valence-electron chi connectivity index (χ2n) is 19.0. The minimum absolute atomic E-state index is 0.0491. The number of hydrogen-bond donors (Lipinski definition) is 3. The number of aromatic nitrogens is 4. The highest BCUT2D eigenvalue weighted by molar-refractivity contribution is 5.95. The van der Waals surface area contributed by atoms with Crippen molar-refractivity contribution in [2.45, 2.75) is 88.4 Å². The van der Waals surface area contributed by atoms with Gasteiger partial charge in [0.05, 0.1) is 24.0 Å². The number of benzene rings is 4. The van der Waals surface area contributed by atoms with Crippen LogP contribution >= 0.6 is 0 Å². The number of fused-ring (bicyclic) bond motifs is 4. The summed E-state index contributed by atoms with van der Waals surface area (Å²) in [5.74, 6) is 5.66. The Morgan fingerprint density at radius 1 is 0.682 bits per heavy atom. The van der Waals surface area contributed by atoms with Gasteiger partial charge in [-0.2, -0.15) is 0 Å². The van der Waals surface area contributed by atoms with Gasteiger partial charge < -0.3 is 43.9 Å². The molecule has 0 bridgehead atoms. The third-order valence-corrected chi connectivity index (χ3v) is 13.4. The summed E-state index contributed by atoms with van der Waals surface area (Å²) in [5.41, 5.74) is 8.42. The summed E-state index contributed by atoms with van der Waals surface area (Å²) in [6, 6.07) is 24.3. The standard InChI is InChI=1S/2C26H32N4O3/c1-29(2)16-17-7-9-22-21(13-17)28-25(30(22)3)18-5-4-6-20(14-18)27-26(31)19-8-10-23-24(15-19)33-12-11-32-23;1-29(2)16-17-7-9-21-22(13-17)30(3)25(28-21)18-5-4-6-20(14-18)27-26(31)19-8-10-23-24(15-19)33-12-11-32-23/h2*7-10,13,15,18,20H,4-6,11-12,14,16H2,1-3H3,(H,27,31)/p+1. The third kappa shape index (κ3) is 10.1. The number of aryl methyl sites for hydroxylation is 2. The van der Waals surface area contributed by atoms with Crippen molar-refractivity contribution in [1.82, 2.24) is 35.0 Å². The van der Waals surface area contributed by atoms with Crippen LogP contribution in [0, 0.1) is 0 Å². The van der Waals surface area contributed by atoms with Crippen LogP contribution < -0.4 is 34.1 Å². The van der Waals surface area contributed by atoms with Crippen LogP contribution in [-0.2, 0) is 27.2 Å². The maximum atomic E-state index is 13.0. The minimum Gasteiger partial charge on any atom is -0.486 e. The Kier molecular flexibility index (Phi) is 13.5. The van der Waals surface area contributed by atoms with Crippen molar-refractivity contribution < 1.29 is 33.1 Å². The predicted octanol–water partition coefficient (Wildman–Crippen LogP) is 7.14. The number of amides is 2. The zero-order valence-electron chi connectivity index (χ0n) is 39.3. The van der Waals surface area contributed by atoms with Gasteiger partial charge >= 0.3 is 0 Å². The molecule has 0 saturated heterocycles. The highest BCUT2D eigenvalue weighted by atomic mass is 16.6. The number of carbonyl (C=O) groups is 2. The zero-order valence-corrected chi connectivity index (χ0v) is 39.3. The van der Waals surface area contributed by atoms with Crippen LogP contribution in [0.2, 0.25) is 0 Å². The van der Waals surface area contributed by atoms with Gasteiger partial charge in [0.25, 0.3) is 17.6 Å². The molecule has 348 valence electrons. The average Bonchev–Trinajstić information content (AvgIpc) is 3.83. The van der Waals surface area contributed by atoms with E-state index in [1.165, 1.54) is 33.5 Å². The molecule has 10 rings (SSSR count). The lowest BCUT2D eigenvalue weighted by Gasteiger charge is -2.29. The van der Waals surface area contributed by atoms with Crippen LogP contribution in [0.25, 0.3) is 22.1 Å². The molecule has 4 heterocycles. The summed E-state index contributed by atoms with van der Waals surface area (Å²) >= 11 is 0. The lowest BCUT2D eigenvalue weighted by atomic mass is 9.85. The molecule has 2 aliphatic carbocycles. The highest BCUT2D eigenvalue weighted by Crippen LogP contribution is 2.36. The number of ether oxygens (including phenoxy) is 4. The van der Waals surface area contributed by atoms with Crippen molar-refractivity contribution in [3.05, 3.63) is 107 Å². The molecular formula is C52H65N8O6+. The van der Waals surface area contributed by atoms with Crippen LogP contribution in [0.15, 0.2) is 72.8 Å². The van der Waals surface area contributed by atoms with Gasteiger partial charge in [-0.05, 0) is 139 Å². The fourth-order valence-electron chi connectivity index (χ4n) is 10.3. The first-order valence-electron chi connectivity index (χ1n) is 23.6. The maximum Gasteiger partial charge on any atom is 0.258 e. The summed E-state index contributed by atoms with van der Waals surface area (Å²) in [5, 5.41) is 6.51. The largest absolute Gasteiger partial charge is 0.486 e. The molecule has 2 saturated carbocycles. The van der Waals surface area contributed by atoms with E-state index < -0.39 is 0 Å². The number of H-pyrrole nitrogens is 1. The molecule has 4 aromatic carbocycles. The Morgan fingerprint density at radius 3 is 1.80 bits per heavy atom. The molecule has 2 aromatic heterocycles. The van der Waals surface area contributed by atoms with Gasteiger partial charge in [0.1, 0.15) is 32.3 Å². The number of rotatable bonds is 10. The SMILES string of the molecule is CN(C)Cc1ccc2c(c1)[nH]c(C1CCCC(NC(=O)c3ccc4c(c3)OCCO4)C1)[n+]2C.CN(C)Cc1ccc2nc(C3CCCC(NC(=O)c4ccc5c(c4)OCCO5)C3)n(C)c2c1. The first-order chi connectivity index (χ1) is 31.9. The molecule has 2 fully saturated rings. The number of hydrogen-bond acceptors (Lipinski definition) is 9. The van der Waals surface area contributed by atoms with E-state index in [4.69, 9.17) is 23.9 Å². The van der Waals surface area contributed by atoms with Crippen molar-refractivity contribution in [1.29, 1.82) is 0 Å². The van der Waals surface area contributed by atoms with E-state index in [1.54, 1.807) is 18.2 Å². The number of imidazole rings is 2. The van der Waals surface area contributed by atoms with Crippen LogP contribution in [0.4, 0.5) is 0 Å². The molecule has 14 heteroatoms. The van der Waals surface area contributed by atoms with Crippen LogP contribution in [0.3, 0.4) is 0 Å². The molecule has 2 amide bonds. The fourth-order valence-corrected chi connectivity index (χ4v) is 10.3. The highest BCUT2D eigenvalue weighted by Gasteiger charge is 2.33. The van der Waals surface area contributed by atoms with Gasteiger partial charge in [-0.1, -0.05) is 25.0 Å². The summed E-state index contributed by atoms with van der Waals surface area (Å²) in [6.45, 7) is 3.95. The quantitative estimate of drug-likeness (QED) is 0.123. The Morgan fingerprint density at radius 2 is 1.21 bits per heavy atom. The fraction of sp³-hybridized carbons (Fsp3) is 0.462. The number of carbonyl (C=O) groups excluding carboxylic acids is 2. The van der Waals surface area contributed by atoms with E-state index >= 15 is 0 Å². The molecule has 66 heavy (non-hydrogen) atoms. The van der Waals surface area contributed by atoms with E-state index in [0.717, 1.165) is 75.8 Å². The molecule has 6 aromatic rings. The van der Waals surface area contributed by atoms with Crippen molar-refractivity contribution in [3.63, 3.8) is 0 Å². The van der Waals surface area contributed by atoms with E-state index in [1.807, 2.05) is 18.2 Å². The van der Waals surface area contributed by atoms with Crippen LogP contribution in [0.5, 0.6) is 23.0 Å². The van der Waals surface area contributed by atoms with Crippen molar-refractivity contribution in [2.75, 3.05) is 54.6 Å². The van der Waals surface area contributed by atoms with Gasteiger partial charge in [-0.3, -0.25) is 9.59 Å². The first-order valence-corrected chi connectivity index (χ1v) is 23.6. The topological polar surface area (TPSA) is 139 Å². The molecule has 3 N–H and O–H groups in total. The van der Waals surface area contributed by atoms with E-state index in [0.29, 0.717) is 72.4 Å². The molecule has 0 radical (unpaired) electrons. The lowest BCUT2D eigenvalue weighted by Crippen LogP contribution is -2.41. The monoisotopic (exact) mass is 898 g/mol. The molecule has 2 aliphatic heterocycles. The van der Waals surface area contributed by atoms with Crippen LogP contribution in [0.1, 0.15) is 107 Å². The zero-order chi connectivity index (χ0) is 45.9. The summed E-state index contributed by atoms with van der Waals surface area (Å²) in [7, 11) is 12.6. The van der Waals surface area contributed by atoms with E-state index in [-0.39, 0.29) is 23.9 Å². The lowest BCUT2D eigenvalue weighted by molar-refractivity contribution is -0.654.